The van der Waals surface area contributed by atoms with Gasteiger partial charge in [-0.3, -0.25) is 0 Å². The van der Waals surface area contributed by atoms with E-state index in [0.717, 1.165) is 5.56 Å². The molecule has 0 heterocycles. The molecule has 0 amide bonds. The van der Waals surface area contributed by atoms with Crippen molar-refractivity contribution in [2.45, 2.75) is 19.8 Å². The Labute approximate surface area is 96.4 Å². The summed E-state index contributed by atoms with van der Waals surface area (Å²) in [5.41, 5.74) is 0.997. The molecular weight excluding hydrogens is 226 g/mol. The Kier molecular flexibility index (Phi) is 4.76. The van der Waals surface area contributed by atoms with E-state index in [1.54, 1.807) is 24.3 Å². The molecule has 0 unspecified atom stereocenters. The van der Waals surface area contributed by atoms with Crippen LogP contribution in [-0.2, 0) is 16.4 Å². The lowest BCUT2D eigenvalue weighted by Gasteiger charge is -2.05. The minimum absolute atomic E-state index is 0.169. The first-order chi connectivity index (χ1) is 7.53. The first kappa shape index (κ1) is 13.0. The molecule has 90 valence electrons. The summed E-state index contributed by atoms with van der Waals surface area (Å²) in [5.74, 6) is 0.387. The fourth-order valence-electron chi connectivity index (χ4n) is 1.35. The van der Waals surface area contributed by atoms with Gasteiger partial charge < -0.3 is 5.11 Å². The molecule has 1 aromatic carbocycles. The predicted molar refractivity (Wildman–Crippen MR) is 63.9 cm³/mol. The van der Waals surface area contributed by atoms with Gasteiger partial charge in [-0.05, 0) is 30.5 Å². The monoisotopic (exact) mass is 243 g/mol. The van der Waals surface area contributed by atoms with E-state index in [2.05, 4.69) is 4.72 Å². The number of rotatable bonds is 6. The van der Waals surface area contributed by atoms with Gasteiger partial charge in [0, 0.05) is 6.54 Å². The highest BCUT2D eigenvalue weighted by Crippen LogP contribution is 2.09. The number of hydrogen-bond donors (Lipinski definition) is 2. The molecule has 0 atom stereocenters. The van der Waals surface area contributed by atoms with E-state index >= 15 is 0 Å². The summed E-state index contributed by atoms with van der Waals surface area (Å²) in [7, 11) is -3.11. The molecular formula is C11H17NO3S. The van der Waals surface area contributed by atoms with Crippen LogP contribution in [0.2, 0.25) is 0 Å². The largest absolute Gasteiger partial charge is 0.508 e. The zero-order valence-electron chi connectivity index (χ0n) is 9.31. The van der Waals surface area contributed by atoms with Gasteiger partial charge in [-0.2, -0.15) is 0 Å². The minimum Gasteiger partial charge on any atom is -0.508 e. The minimum atomic E-state index is -3.11. The van der Waals surface area contributed by atoms with Crippen molar-refractivity contribution in [2.24, 2.45) is 0 Å². The number of hydrogen-bond acceptors (Lipinski definition) is 3. The summed E-state index contributed by atoms with van der Waals surface area (Å²) in [4.78, 5) is 0. The van der Waals surface area contributed by atoms with E-state index in [-0.39, 0.29) is 11.5 Å². The lowest BCUT2D eigenvalue weighted by molar-refractivity contribution is 0.475. The Hall–Kier alpha value is -1.07. The van der Waals surface area contributed by atoms with Gasteiger partial charge in [-0.15, -0.1) is 0 Å². The molecule has 0 radical (unpaired) electrons. The van der Waals surface area contributed by atoms with Crippen molar-refractivity contribution < 1.29 is 13.5 Å². The molecule has 0 saturated carbocycles. The van der Waals surface area contributed by atoms with Crippen molar-refractivity contribution in [3.8, 4) is 5.75 Å². The first-order valence-electron chi connectivity index (χ1n) is 5.29. The normalized spacial score (nSPS) is 11.6. The van der Waals surface area contributed by atoms with E-state index in [1.165, 1.54) is 0 Å². The van der Waals surface area contributed by atoms with Crippen LogP contribution in [-0.4, -0.2) is 25.8 Å². The summed E-state index contributed by atoms with van der Waals surface area (Å²) in [5, 5.41) is 9.07. The van der Waals surface area contributed by atoms with Gasteiger partial charge in [-0.25, -0.2) is 13.1 Å². The van der Waals surface area contributed by atoms with Crippen LogP contribution in [0.4, 0.5) is 0 Å². The molecule has 1 aromatic rings. The van der Waals surface area contributed by atoms with E-state index in [0.29, 0.717) is 19.4 Å². The quantitative estimate of drug-likeness (QED) is 0.790. The second kappa shape index (κ2) is 5.86. The molecule has 5 heteroatoms. The van der Waals surface area contributed by atoms with Crippen LogP contribution in [0.25, 0.3) is 0 Å². The van der Waals surface area contributed by atoms with Crippen molar-refractivity contribution >= 4 is 10.0 Å². The molecule has 0 aromatic heterocycles. The third-order valence-corrected chi connectivity index (χ3v) is 3.73. The van der Waals surface area contributed by atoms with Crippen molar-refractivity contribution in [3.05, 3.63) is 29.8 Å². The fraction of sp³-hybridized carbons (Fsp3) is 0.455. The SMILES string of the molecule is CCCS(=O)(=O)NCCc1ccc(O)cc1. The standard InChI is InChI=1S/C11H17NO3S/c1-2-9-16(14,15)12-8-7-10-3-5-11(13)6-4-10/h3-6,12-13H,2,7-9H2,1H3. The molecule has 0 spiro atoms. The Morgan fingerprint density at radius 3 is 2.44 bits per heavy atom. The lowest BCUT2D eigenvalue weighted by atomic mass is 10.1. The second-order valence-corrected chi connectivity index (χ2v) is 5.56. The average Bonchev–Trinajstić information content (AvgIpc) is 2.20. The Balaban J connectivity index is 2.39. The Morgan fingerprint density at radius 1 is 1.25 bits per heavy atom. The highest BCUT2D eigenvalue weighted by Gasteiger charge is 2.06. The topological polar surface area (TPSA) is 66.4 Å². The highest BCUT2D eigenvalue weighted by atomic mass is 32.2. The molecule has 0 aliphatic carbocycles. The van der Waals surface area contributed by atoms with Gasteiger partial charge in [0.1, 0.15) is 5.75 Å². The number of benzene rings is 1. The number of nitrogens with one attached hydrogen (secondary N) is 1. The molecule has 4 nitrogen and oxygen atoms in total. The molecule has 0 bridgehead atoms. The van der Waals surface area contributed by atoms with Gasteiger partial charge in [0.15, 0.2) is 0 Å². The average molecular weight is 243 g/mol. The summed E-state index contributed by atoms with van der Waals surface area (Å²) in [6, 6.07) is 6.75. The maximum atomic E-state index is 11.3. The highest BCUT2D eigenvalue weighted by molar-refractivity contribution is 7.89. The maximum absolute atomic E-state index is 11.3. The fourth-order valence-corrected chi connectivity index (χ4v) is 2.45. The molecule has 0 aliphatic heterocycles. The summed E-state index contributed by atoms with van der Waals surface area (Å²) < 4.78 is 25.2. The summed E-state index contributed by atoms with van der Waals surface area (Å²) in [6.45, 7) is 2.23. The number of phenols is 1. The van der Waals surface area contributed by atoms with Crippen molar-refractivity contribution in [2.75, 3.05) is 12.3 Å². The molecule has 0 fully saturated rings. The van der Waals surface area contributed by atoms with Gasteiger partial charge in [-0.1, -0.05) is 19.1 Å². The van der Waals surface area contributed by atoms with Gasteiger partial charge in [0.25, 0.3) is 0 Å². The van der Waals surface area contributed by atoms with Crippen LogP contribution in [0, 0.1) is 0 Å². The molecule has 16 heavy (non-hydrogen) atoms. The van der Waals surface area contributed by atoms with Crippen LogP contribution in [0.15, 0.2) is 24.3 Å². The zero-order valence-corrected chi connectivity index (χ0v) is 10.1. The van der Waals surface area contributed by atoms with Crippen LogP contribution in [0.3, 0.4) is 0 Å². The van der Waals surface area contributed by atoms with E-state index in [1.807, 2.05) is 6.92 Å². The van der Waals surface area contributed by atoms with Crippen LogP contribution in [0.5, 0.6) is 5.75 Å². The molecule has 0 saturated heterocycles. The number of aromatic hydroxyl groups is 1. The predicted octanol–water partition coefficient (Wildman–Crippen LogP) is 1.26. The Morgan fingerprint density at radius 2 is 1.88 bits per heavy atom. The van der Waals surface area contributed by atoms with E-state index in [4.69, 9.17) is 5.11 Å². The van der Waals surface area contributed by atoms with E-state index in [9.17, 15) is 8.42 Å². The number of phenolic OH excluding ortho intramolecular Hbond substituents is 1. The van der Waals surface area contributed by atoms with Gasteiger partial charge in [0.2, 0.25) is 10.0 Å². The molecule has 1 rings (SSSR count). The first-order valence-corrected chi connectivity index (χ1v) is 6.94. The lowest BCUT2D eigenvalue weighted by Crippen LogP contribution is -2.28. The summed E-state index contributed by atoms with van der Waals surface area (Å²) >= 11 is 0. The maximum Gasteiger partial charge on any atom is 0.211 e. The smallest absolute Gasteiger partial charge is 0.211 e. The zero-order chi connectivity index (χ0) is 12.0. The van der Waals surface area contributed by atoms with Crippen molar-refractivity contribution in [3.63, 3.8) is 0 Å². The van der Waals surface area contributed by atoms with Crippen molar-refractivity contribution in [1.29, 1.82) is 0 Å². The molecule has 0 aliphatic rings. The van der Waals surface area contributed by atoms with Crippen LogP contribution < -0.4 is 4.72 Å². The van der Waals surface area contributed by atoms with Gasteiger partial charge in [0.05, 0.1) is 5.75 Å². The van der Waals surface area contributed by atoms with Gasteiger partial charge >= 0.3 is 0 Å². The number of sulfonamides is 1. The summed E-state index contributed by atoms with van der Waals surface area (Å²) in [6.07, 6.45) is 1.25. The Bertz CT molecular complexity index is 411. The molecule has 2 N–H and O–H groups in total. The van der Waals surface area contributed by atoms with Crippen molar-refractivity contribution in [1.82, 2.24) is 4.72 Å². The third-order valence-electron chi connectivity index (χ3n) is 2.14. The van der Waals surface area contributed by atoms with Crippen LogP contribution in [0.1, 0.15) is 18.9 Å². The third kappa shape index (κ3) is 4.63. The second-order valence-electron chi connectivity index (χ2n) is 3.63. The van der Waals surface area contributed by atoms with E-state index < -0.39 is 10.0 Å². The van der Waals surface area contributed by atoms with Crippen LogP contribution >= 0.6 is 0 Å².